The van der Waals surface area contributed by atoms with Crippen molar-refractivity contribution in [3.05, 3.63) is 59.4 Å². The smallest absolute Gasteiger partial charge is 0.235 e. The minimum atomic E-state index is 0.709. The third-order valence-corrected chi connectivity index (χ3v) is 4.35. The van der Waals surface area contributed by atoms with Crippen LogP contribution in [0.2, 0.25) is 0 Å². The van der Waals surface area contributed by atoms with Gasteiger partial charge in [-0.25, -0.2) is 0 Å². The van der Waals surface area contributed by atoms with Crippen LogP contribution in [0, 0.1) is 0 Å². The van der Waals surface area contributed by atoms with Gasteiger partial charge >= 0.3 is 0 Å². The highest BCUT2D eigenvalue weighted by Crippen LogP contribution is 2.24. The summed E-state index contributed by atoms with van der Waals surface area (Å²) in [5.41, 5.74) is 1.93. The summed E-state index contributed by atoms with van der Waals surface area (Å²) in [5, 5.41) is 13.8. The molecule has 0 spiro atoms. The lowest BCUT2D eigenvalue weighted by atomic mass is 10.2. The number of methoxy groups -OCH3 is 1. The van der Waals surface area contributed by atoms with Gasteiger partial charge in [-0.05, 0) is 30.4 Å². The molecule has 0 amide bonds. The molecule has 4 aromatic rings. The molecule has 0 N–H and O–H groups in total. The molecule has 0 aliphatic rings. The molecule has 0 aliphatic carbocycles. The Labute approximate surface area is 142 Å². The Morgan fingerprint density at radius 1 is 1.04 bits per heavy atom. The van der Waals surface area contributed by atoms with Crippen molar-refractivity contribution in [2.24, 2.45) is 0 Å². The van der Waals surface area contributed by atoms with Crippen LogP contribution in [0.5, 0.6) is 5.75 Å². The van der Waals surface area contributed by atoms with E-state index in [1.165, 1.54) is 11.3 Å². The normalized spacial score (nSPS) is 11.4. The van der Waals surface area contributed by atoms with Crippen LogP contribution < -0.4 is 4.74 Å². The predicted molar refractivity (Wildman–Crippen MR) is 93.8 cm³/mol. The van der Waals surface area contributed by atoms with Crippen molar-refractivity contribution in [1.29, 1.82) is 0 Å². The van der Waals surface area contributed by atoms with Crippen LogP contribution >= 0.6 is 11.3 Å². The molecule has 0 saturated carbocycles. The van der Waals surface area contributed by atoms with Crippen molar-refractivity contribution >= 4 is 28.4 Å². The summed E-state index contributed by atoms with van der Waals surface area (Å²) in [5.74, 6) is 1.54. The molecule has 0 atom stereocenters. The van der Waals surface area contributed by atoms with Crippen molar-refractivity contribution in [1.82, 2.24) is 24.8 Å². The average molecular weight is 335 g/mol. The van der Waals surface area contributed by atoms with E-state index in [2.05, 4.69) is 20.3 Å². The lowest BCUT2D eigenvalue weighted by Crippen LogP contribution is -1.90. The lowest BCUT2D eigenvalue weighted by molar-refractivity contribution is 0.414. The first kappa shape index (κ1) is 14.5. The van der Waals surface area contributed by atoms with Gasteiger partial charge in [0.2, 0.25) is 4.96 Å². The van der Waals surface area contributed by atoms with Gasteiger partial charge in [-0.3, -0.25) is 4.98 Å². The van der Waals surface area contributed by atoms with E-state index in [9.17, 15) is 0 Å². The summed E-state index contributed by atoms with van der Waals surface area (Å²) in [6.45, 7) is 0. The quantitative estimate of drug-likeness (QED) is 0.572. The van der Waals surface area contributed by atoms with Crippen molar-refractivity contribution in [3.63, 3.8) is 0 Å². The van der Waals surface area contributed by atoms with Gasteiger partial charge in [0.1, 0.15) is 10.8 Å². The van der Waals surface area contributed by atoms with Gasteiger partial charge in [-0.15, -0.1) is 10.2 Å². The molecule has 0 saturated heterocycles. The number of hydrogen-bond acceptors (Lipinski definition) is 6. The Morgan fingerprint density at radius 2 is 1.88 bits per heavy atom. The second-order valence-electron chi connectivity index (χ2n) is 4.97. The van der Waals surface area contributed by atoms with Crippen molar-refractivity contribution < 1.29 is 4.74 Å². The molecule has 3 heterocycles. The SMILES string of the molecule is COc1ccccc1/C=C\c1nn2c(-c3ccncc3)nnc2s1. The molecule has 24 heavy (non-hydrogen) atoms. The van der Waals surface area contributed by atoms with Gasteiger partial charge in [-0.2, -0.15) is 9.61 Å². The fourth-order valence-corrected chi connectivity index (χ4v) is 3.09. The first-order valence-corrected chi connectivity index (χ1v) is 8.10. The highest BCUT2D eigenvalue weighted by Gasteiger charge is 2.12. The number of nitrogens with zero attached hydrogens (tertiary/aromatic N) is 5. The fraction of sp³-hybridized carbons (Fsp3) is 0.0588. The molecule has 0 bridgehead atoms. The number of pyridine rings is 1. The van der Waals surface area contributed by atoms with E-state index in [1.54, 1.807) is 24.0 Å². The first-order valence-electron chi connectivity index (χ1n) is 7.29. The molecule has 1 aromatic carbocycles. The maximum atomic E-state index is 5.35. The van der Waals surface area contributed by atoms with E-state index in [0.717, 1.165) is 26.8 Å². The summed E-state index contributed by atoms with van der Waals surface area (Å²) >= 11 is 1.48. The third kappa shape index (κ3) is 2.65. The van der Waals surface area contributed by atoms with E-state index in [1.807, 2.05) is 48.6 Å². The summed E-state index contributed by atoms with van der Waals surface area (Å²) in [6, 6.07) is 11.6. The number of aromatic nitrogens is 5. The molecule has 0 unspecified atom stereocenters. The number of ether oxygens (including phenoxy) is 1. The van der Waals surface area contributed by atoms with Crippen LogP contribution in [0.15, 0.2) is 48.8 Å². The highest BCUT2D eigenvalue weighted by molar-refractivity contribution is 7.17. The summed E-state index contributed by atoms with van der Waals surface area (Å²) in [4.78, 5) is 4.77. The maximum absolute atomic E-state index is 5.35. The largest absolute Gasteiger partial charge is 0.496 e. The van der Waals surface area contributed by atoms with Crippen LogP contribution in [0.1, 0.15) is 10.6 Å². The molecule has 3 aromatic heterocycles. The Hall–Kier alpha value is -3.06. The zero-order valence-corrected chi connectivity index (χ0v) is 13.6. The van der Waals surface area contributed by atoms with Crippen molar-refractivity contribution in [3.8, 4) is 17.1 Å². The molecule has 6 nitrogen and oxygen atoms in total. The van der Waals surface area contributed by atoms with E-state index >= 15 is 0 Å². The van der Waals surface area contributed by atoms with Crippen molar-refractivity contribution in [2.75, 3.05) is 7.11 Å². The zero-order valence-electron chi connectivity index (χ0n) is 12.8. The highest BCUT2D eigenvalue weighted by atomic mass is 32.1. The number of benzene rings is 1. The average Bonchev–Trinajstić information content (AvgIpc) is 3.21. The van der Waals surface area contributed by atoms with E-state index in [4.69, 9.17) is 4.74 Å². The molecule has 118 valence electrons. The van der Waals surface area contributed by atoms with Gasteiger partial charge in [0.15, 0.2) is 5.82 Å². The molecule has 0 radical (unpaired) electrons. The topological polar surface area (TPSA) is 65.2 Å². The predicted octanol–water partition coefficient (Wildman–Crippen LogP) is 3.43. The Balaban J connectivity index is 1.69. The molecule has 7 heteroatoms. The fourth-order valence-electron chi connectivity index (χ4n) is 2.35. The number of hydrogen-bond donors (Lipinski definition) is 0. The standard InChI is InChI=1S/C17H13N5OS/c1-23-14-5-3-2-4-12(14)6-7-15-21-22-16(19-20-17(22)24-15)13-8-10-18-11-9-13/h2-11H,1H3/b7-6-. The second kappa shape index (κ2) is 6.21. The van der Waals surface area contributed by atoms with Gasteiger partial charge in [0.05, 0.1) is 7.11 Å². The minimum Gasteiger partial charge on any atom is -0.496 e. The summed E-state index contributed by atoms with van der Waals surface area (Å²) in [6.07, 6.45) is 7.39. The molecule has 4 rings (SSSR count). The van der Waals surface area contributed by atoms with E-state index in [0.29, 0.717) is 5.82 Å². The van der Waals surface area contributed by atoms with Crippen LogP contribution in [-0.4, -0.2) is 31.9 Å². The zero-order chi connectivity index (χ0) is 16.4. The number of fused-ring (bicyclic) bond motifs is 1. The lowest BCUT2D eigenvalue weighted by Gasteiger charge is -2.02. The van der Waals surface area contributed by atoms with Crippen LogP contribution in [0.3, 0.4) is 0 Å². The summed E-state index contributed by atoms with van der Waals surface area (Å²) < 4.78 is 7.10. The minimum absolute atomic E-state index is 0.709. The monoisotopic (exact) mass is 335 g/mol. The van der Waals surface area contributed by atoms with Gasteiger partial charge in [0.25, 0.3) is 0 Å². The van der Waals surface area contributed by atoms with E-state index in [-0.39, 0.29) is 0 Å². The van der Waals surface area contributed by atoms with Crippen LogP contribution in [0.4, 0.5) is 0 Å². The Morgan fingerprint density at radius 3 is 2.71 bits per heavy atom. The molecule has 0 fully saturated rings. The van der Waals surface area contributed by atoms with E-state index < -0.39 is 0 Å². The first-order chi connectivity index (χ1) is 11.8. The van der Waals surface area contributed by atoms with Crippen LogP contribution in [0.25, 0.3) is 28.5 Å². The number of para-hydroxylation sites is 1. The Bertz CT molecular complexity index is 1010. The Kier molecular flexibility index (Phi) is 3.76. The van der Waals surface area contributed by atoms with Crippen molar-refractivity contribution in [2.45, 2.75) is 0 Å². The number of rotatable bonds is 4. The molecular weight excluding hydrogens is 322 g/mol. The van der Waals surface area contributed by atoms with Crippen LogP contribution in [-0.2, 0) is 0 Å². The van der Waals surface area contributed by atoms with Gasteiger partial charge in [-0.1, -0.05) is 29.5 Å². The maximum Gasteiger partial charge on any atom is 0.235 e. The molecule has 0 aliphatic heterocycles. The van der Waals surface area contributed by atoms with Gasteiger partial charge in [0, 0.05) is 23.5 Å². The molecular formula is C17H13N5OS. The summed E-state index contributed by atoms with van der Waals surface area (Å²) in [7, 11) is 1.66. The third-order valence-electron chi connectivity index (χ3n) is 3.49. The second-order valence-corrected chi connectivity index (χ2v) is 5.96. The van der Waals surface area contributed by atoms with Gasteiger partial charge < -0.3 is 4.74 Å².